The van der Waals surface area contributed by atoms with Gasteiger partial charge in [-0.05, 0) is 53.4 Å². The third-order valence-electron chi connectivity index (χ3n) is 5.18. The van der Waals surface area contributed by atoms with E-state index in [1.165, 1.54) is 16.7 Å². The molecule has 4 aromatic rings. The number of nitrogens with one attached hydrogen (secondary N) is 1. The molecule has 3 aromatic carbocycles. The van der Waals surface area contributed by atoms with E-state index in [1.54, 1.807) is 0 Å². The largest absolute Gasteiger partial charge is 0.361 e. The van der Waals surface area contributed by atoms with Crippen molar-refractivity contribution in [3.8, 4) is 0 Å². The van der Waals surface area contributed by atoms with Crippen molar-refractivity contribution in [2.45, 2.75) is 16.6 Å². The predicted octanol–water partition coefficient (Wildman–Crippen LogP) is 5.34. The van der Waals surface area contributed by atoms with Crippen LogP contribution < -0.4 is 4.90 Å². The molecule has 5 nitrogen and oxygen atoms in total. The molecule has 0 bridgehead atoms. The van der Waals surface area contributed by atoms with E-state index in [2.05, 4.69) is 9.98 Å². The van der Waals surface area contributed by atoms with Crippen molar-refractivity contribution in [3.63, 3.8) is 0 Å². The number of imide groups is 1. The number of hydrogen-bond acceptors (Lipinski definition) is 4. The maximum absolute atomic E-state index is 13.0. The number of fused-ring (bicyclic) bond motifs is 1. The highest BCUT2D eigenvalue weighted by atomic mass is 32.2. The fourth-order valence-electron chi connectivity index (χ4n) is 3.61. The lowest BCUT2D eigenvalue weighted by molar-refractivity contribution is -0.121. The molecule has 1 fully saturated rings. The Morgan fingerprint density at radius 3 is 2.58 bits per heavy atom. The molecule has 0 saturated carbocycles. The minimum atomic E-state index is -0.425. The van der Waals surface area contributed by atoms with Crippen LogP contribution in [0.25, 0.3) is 10.9 Å². The highest BCUT2D eigenvalue weighted by Gasteiger charge is 2.40. The summed E-state index contributed by atoms with van der Waals surface area (Å²) in [6, 6.07) is 25.2. The van der Waals surface area contributed by atoms with Gasteiger partial charge in [-0.2, -0.15) is 0 Å². The van der Waals surface area contributed by atoms with Crippen molar-refractivity contribution in [2.75, 3.05) is 4.90 Å². The standard InChI is InChI=1S/C25H19N3O2S/c29-24-15-23(25(30)28(24)20-9-6-18-12-13-26-22(18)14-20)31-21-10-7-19(8-11-21)27-16-17-4-2-1-3-5-17/h1-14,16,23,26H,15H2. The normalized spacial score (nSPS) is 16.6. The second-order valence-corrected chi connectivity index (χ2v) is 8.57. The van der Waals surface area contributed by atoms with Crippen molar-refractivity contribution in [1.29, 1.82) is 0 Å². The fourth-order valence-corrected chi connectivity index (χ4v) is 4.66. The molecule has 1 aliphatic rings. The Kier molecular flexibility index (Phi) is 5.14. The van der Waals surface area contributed by atoms with E-state index in [-0.39, 0.29) is 18.2 Å². The molecule has 1 saturated heterocycles. The number of carbonyl (C=O) groups is 2. The van der Waals surface area contributed by atoms with Crippen LogP contribution in [0.5, 0.6) is 0 Å². The van der Waals surface area contributed by atoms with Crippen LogP contribution in [0.1, 0.15) is 12.0 Å². The molecule has 2 amide bonds. The average molecular weight is 426 g/mol. The minimum absolute atomic E-state index is 0.169. The molecule has 152 valence electrons. The first kappa shape index (κ1) is 19.3. The zero-order valence-corrected chi connectivity index (χ0v) is 17.4. The number of thioether (sulfide) groups is 1. The summed E-state index contributed by atoms with van der Waals surface area (Å²) in [7, 11) is 0. The number of benzene rings is 3. The van der Waals surface area contributed by atoms with Crippen molar-refractivity contribution in [1.82, 2.24) is 4.98 Å². The molecule has 1 N–H and O–H groups in total. The van der Waals surface area contributed by atoms with Crippen LogP contribution in [0.3, 0.4) is 0 Å². The van der Waals surface area contributed by atoms with Gasteiger partial charge < -0.3 is 4.98 Å². The summed E-state index contributed by atoms with van der Waals surface area (Å²) in [6.45, 7) is 0. The number of anilines is 1. The summed E-state index contributed by atoms with van der Waals surface area (Å²) in [5.74, 6) is -0.343. The molecule has 0 aliphatic carbocycles. The lowest BCUT2D eigenvalue weighted by Gasteiger charge is -2.15. The highest BCUT2D eigenvalue weighted by molar-refractivity contribution is 8.00. The quantitative estimate of drug-likeness (QED) is 0.347. The third-order valence-corrected chi connectivity index (χ3v) is 6.38. The summed E-state index contributed by atoms with van der Waals surface area (Å²) in [5.41, 5.74) is 3.39. The maximum Gasteiger partial charge on any atom is 0.247 e. The number of amides is 2. The molecule has 0 spiro atoms. The van der Waals surface area contributed by atoms with Gasteiger partial charge in [0.05, 0.1) is 16.6 Å². The Bertz CT molecular complexity index is 1280. The molecular formula is C25H19N3O2S. The van der Waals surface area contributed by atoms with Crippen molar-refractivity contribution in [3.05, 3.63) is 90.6 Å². The van der Waals surface area contributed by atoms with Gasteiger partial charge in [0.1, 0.15) is 0 Å². The maximum atomic E-state index is 13.0. The molecule has 31 heavy (non-hydrogen) atoms. The number of aromatic amines is 1. The summed E-state index contributed by atoms with van der Waals surface area (Å²) in [6.07, 6.45) is 3.86. The molecule has 2 heterocycles. The molecule has 1 aliphatic heterocycles. The Morgan fingerprint density at radius 1 is 0.968 bits per heavy atom. The van der Waals surface area contributed by atoms with Gasteiger partial charge in [0.25, 0.3) is 0 Å². The van der Waals surface area contributed by atoms with E-state index in [9.17, 15) is 9.59 Å². The van der Waals surface area contributed by atoms with Crippen LogP contribution in [-0.4, -0.2) is 28.3 Å². The molecule has 1 atom stereocenters. The van der Waals surface area contributed by atoms with Crippen molar-refractivity contribution in [2.24, 2.45) is 4.99 Å². The number of aliphatic imine (C=N–C) groups is 1. The molecule has 0 radical (unpaired) electrons. The average Bonchev–Trinajstić information content (AvgIpc) is 3.37. The van der Waals surface area contributed by atoms with Gasteiger partial charge in [0.2, 0.25) is 11.8 Å². The van der Waals surface area contributed by atoms with E-state index < -0.39 is 5.25 Å². The smallest absolute Gasteiger partial charge is 0.247 e. The summed E-state index contributed by atoms with van der Waals surface area (Å²) >= 11 is 1.42. The minimum Gasteiger partial charge on any atom is -0.361 e. The van der Waals surface area contributed by atoms with Gasteiger partial charge >= 0.3 is 0 Å². The number of H-pyrrole nitrogens is 1. The van der Waals surface area contributed by atoms with Crippen LogP contribution >= 0.6 is 11.8 Å². The lowest BCUT2D eigenvalue weighted by Crippen LogP contribution is -2.31. The lowest BCUT2D eigenvalue weighted by atomic mass is 10.2. The SMILES string of the molecule is O=C1CC(Sc2ccc(N=Cc3ccccc3)cc2)C(=O)N1c1ccc2cc[nH]c2c1. The Morgan fingerprint density at radius 2 is 1.77 bits per heavy atom. The summed E-state index contributed by atoms with van der Waals surface area (Å²) < 4.78 is 0. The van der Waals surface area contributed by atoms with Crippen molar-refractivity contribution < 1.29 is 9.59 Å². The van der Waals surface area contributed by atoms with Gasteiger partial charge in [0.15, 0.2) is 0 Å². The predicted molar refractivity (Wildman–Crippen MR) is 125 cm³/mol. The van der Waals surface area contributed by atoms with E-state index in [0.717, 1.165) is 27.0 Å². The molecule has 6 heteroatoms. The molecular weight excluding hydrogens is 406 g/mol. The van der Waals surface area contributed by atoms with Crippen LogP contribution in [0.2, 0.25) is 0 Å². The van der Waals surface area contributed by atoms with Crippen LogP contribution in [-0.2, 0) is 9.59 Å². The zero-order chi connectivity index (χ0) is 21.2. The fraction of sp³-hybridized carbons (Fsp3) is 0.0800. The number of carbonyl (C=O) groups excluding carboxylic acids is 2. The number of nitrogens with zero attached hydrogens (tertiary/aromatic N) is 2. The second-order valence-electron chi connectivity index (χ2n) is 7.29. The third kappa shape index (κ3) is 4.02. The Balaban J connectivity index is 1.28. The summed E-state index contributed by atoms with van der Waals surface area (Å²) in [4.78, 5) is 35.4. The van der Waals surface area contributed by atoms with E-state index in [1.807, 2.05) is 91.3 Å². The zero-order valence-electron chi connectivity index (χ0n) is 16.6. The van der Waals surface area contributed by atoms with E-state index in [4.69, 9.17) is 0 Å². The first-order chi connectivity index (χ1) is 15.2. The van der Waals surface area contributed by atoms with Gasteiger partial charge in [-0.1, -0.05) is 36.4 Å². The van der Waals surface area contributed by atoms with Crippen LogP contribution in [0.4, 0.5) is 11.4 Å². The van der Waals surface area contributed by atoms with Crippen LogP contribution in [0.15, 0.2) is 94.9 Å². The number of rotatable bonds is 5. The first-order valence-corrected chi connectivity index (χ1v) is 10.9. The Labute approximate surface area is 183 Å². The topological polar surface area (TPSA) is 65.5 Å². The van der Waals surface area contributed by atoms with Crippen molar-refractivity contribution >= 4 is 52.1 Å². The van der Waals surface area contributed by atoms with Gasteiger partial charge in [-0.15, -0.1) is 11.8 Å². The molecule has 5 rings (SSSR count). The molecule has 1 aromatic heterocycles. The number of hydrogen-bond donors (Lipinski definition) is 1. The first-order valence-electron chi connectivity index (χ1n) is 9.97. The van der Waals surface area contributed by atoms with Gasteiger partial charge in [-0.25, -0.2) is 4.90 Å². The van der Waals surface area contributed by atoms with Gasteiger partial charge in [0, 0.05) is 29.2 Å². The monoisotopic (exact) mass is 425 g/mol. The number of aromatic nitrogens is 1. The molecule has 1 unspecified atom stereocenters. The Hall–Kier alpha value is -3.64. The summed E-state index contributed by atoms with van der Waals surface area (Å²) in [5, 5.41) is 0.620. The second kappa shape index (κ2) is 8.24. The highest BCUT2D eigenvalue weighted by Crippen LogP contribution is 2.35. The van der Waals surface area contributed by atoms with E-state index >= 15 is 0 Å². The van der Waals surface area contributed by atoms with Crippen LogP contribution in [0, 0.1) is 0 Å². The van der Waals surface area contributed by atoms with E-state index in [0.29, 0.717) is 5.69 Å². The van der Waals surface area contributed by atoms with Gasteiger partial charge in [-0.3, -0.25) is 14.6 Å².